The van der Waals surface area contributed by atoms with Crippen molar-refractivity contribution in [1.82, 2.24) is 15.1 Å². The molecule has 6 heteroatoms. The maximum absolute atomic E-state index is 12.0. The van der Waals surface area contributed by atoms with Gasteiger partial charge in [-0.3, -0.25) is 10.4 Å². The number of ether oxygens (including phenoxy) is 1. The first-order chi connectivity index (χ1) is 9.33. The van der Waals surface area contributed by atoms with Crippen LogP contribution in [0.1, 0.15) is 37.3 Å². The number of nitrogens with one attached hydrogen (secondary N) is 2. The number of aromatic amines is 1. The molecule has 1 saturated carbocycles. The largest absolute Gasteiger partial charge is 0.378 e. The Kier molecular flexibility index (Phi) is 3.68. The van der Waals surface area contributed by atoms with Gasteiger partial charge in [0.2, 0.25) is 0 Å². The van der Waals surface area contributed by atoms with Gasteiger partial charge in [-0.15, -0.1) is 0 Å². The average Bonchev–Trinajstić information content (AvgIpc) is 3.10. The second-order valence-corrected chi connectivity index (χ2v) is 5.22. The second kappa shape index (κ2) is 5.61. The van der Waals surface area contributed by atoms with E-state index in [1.165, 1.54) is 25.7 Å². The SMILES string of the molecule is O=C(Nc1cc(C2CCCC2)n[nH]1)N1CCOCC1. The van der Waals surface area contributed by atoms with Gasteiger partial charge in [-0.1, -0.05) is 12.8 Å². The average molecular weight is 264 g/mol. The Morgan fingerprint density at radius 3 is 2.84 bits per heavy atom. The summed E-state index contributed by atoms with van der Waals surface area (Å²) in [5, 5.41) is 10.1. The molecule has 1 saturated heterocycles. The van der Waals surface area contributed by atoms with Gasteiger partial charge < -0.3 is 9.64 Å². The molecule has 0 aromatic carbocycles. The summed E-state index contributed by atoms with van der Waals surface area (Å²) in [6, 6.07) is 1.89. The van der Waals surface area contributed by atoms with Crippen LogP contribution in [-0.2, 0) is 4.74 Å². The van der Waals surface area contributed by atoms with Crippen molar-refractivity contribution in [3.05, 3.63) is 11.8 Å². The third-order valence-corrected chi connectivity index (χ3v) is 3.91. The number of nitrogens with zero attached hydrogens (tertiary/aromatic N) is 2. The van der Waals surface area contributed by atoms with Crippen LogP contribution in [-0.4, -0.2) is 47.4 Å². The van der Waals surface area contributed by atoms with Crippen LogP contribution < -0.4 is 5.32 Å². The van der Waals surface area contributed by atoms with Crippen molar-refractivity contribution in [2.24, 2.45) is 0 Å². The Morgan fingerprint density at radius 1 is 1.37 bits per heavy atom. The number of rotatable bonds is 2. The minimum atomic E-state index is -0.0788. The lowest BCUT2D eigenvalue weighted by atomic mass is 10.0. The van der Waals surface area contributed by atoms with Gasteiger partial charge in [-0.05, 0) is 12.8 Å². The third-order valence-electron chi connectivity index (χ3n) is 3.91. The van der Waals surface area contributed by atoms with E-state index >= 15 is 0 Å². The fraction of sp³-hybridized carbons (Fsp3) is 0.692. The first-order valence-electron chi connectivity index (χ1n) is 7.02. The highest BCUT2D eigenvalue weighted by atomic mass is 16.5. The lowest BCUT2D eigenvalue weighted by Crippen LogP contribution is -2.43. The van der Waals surface area contributed by atoms with E-state index in [0.717, 1.165) is 5.69 Å². The number of aromatic nitrogens is 2. The lowest BCUT2D eigenvalue weighted by Gasteiger charge is -2.26. The lowest BCUT2D eigenvalue weighted by molar-refractivity contribution is 0.0564. The van der Waals surface area contributed by atoms with Crippen LogP contribution in [0.5, 0.6) is 0 Å². The topological polar surface area (TPSA) is 70.2 Å². The van der Waals surface area contributed by atoms with E-state index in [0.29, 0.717) is 38.0 Å². The Morgan fingerprint density at radius 2 is 2.11 bits per heavy atom. The molecule has 0 bridgehead atoms. The summed E-state index contributed by atoms with van der Waals surface area (Å²) >= 11 is 0. The molecule has 2 heterocycles. The zero-order valence-corrected chi connectivity index (χ0v) is 11.0. The maximum atomic E-state index is 12.0. The van der Waals surface area contributed by atoms with Crippen molar-refractivity contribution in [2.45, 2.75) is 31.6 Å². The Bertz CT molecular complexity index is 434. The molecule has 1 aromatic rings. The number of hydrogen-bond acceptors (Lipinski definition) is 3. The monoisotopic (exact) mass is 264 g/mol. The molecule has 1 aliphatic heterocycles. The number of carbonyl (C=O) groups excluding carboxylic acids is 1. The number of anilines is 1. The summed E-state index contributed by atoms with van der Waals surface area (Å²) < 4.78 is 5.23. The summed E-state index contributed by atoms with van der Waals surface area (Å²) in [5.74, 6) is 1.25. The molecule has 2 fully saturated rings. The van der Waals surface area contributed by atoms with Crippen LogP contribution in [0.4, 0.5) is 10.6 Å². The van der Waals surface area contributed by atoms with Gasteiger partial charge in [-0.25, -0.2) is 4.79 Å². The molecule has 104 valence electrons. The molecule has 19 heavy (non-hydrogen) atoms. The summed E-state index contributed by atoms with van der Waals surface area (Å²) in [6.45, 7) is 2.53. The van der Waals surface area contributed by atoms with Gasteiger partial charge >= 0.3 is 6.03 Å². The molecule has 3 rings (SSSR count). The van der Waals surface area contributed by atoms with E-state index in [9.17, 15) is 4.79 Å². The third kappa shape index (κ3) is 2.89. The molecule has 1 aliphatic carbocycles. The predicted molar refractivity (Wildman–Crippen MR) is 71.2 cm³/mol. The zero-order chi connectivity index (χ0) is 13.1. The summed E-state index contributed by atoms with van der Waals surface area (Å²) in [6.07, 6.45) is 4.99. The molecular weight excluding hydrogens is 244 g/mol. The van der Waals surface area contributed by atoms with Gasteiger partial charge in [-0.2, -0.15) is 5.10 Å². The normalized spacial score (nSPS) is 20.7. The predicted octanol–water partition coefficient (Wildman–Crippen LogP) is 1.93. The van der Waals surface area contributed by atoms with Crippen LogP contribution in [0.15, 0.2) is 6.07 Å². The number of morpholine rings is 1. The number of H-pyrrole nitrogens is 1. The number of hydrogen-bond donors (Lipinski definition) is 2. The molecule has 0 atom stereocenters. The molecule has 0 spiro atoms. The molecule has 2 aliphatic rings. The minimum absolute atomic E-state index is 0.0788. The summed E-state index contributed by atoms with van der Waals surface area (Å²) in [5.41, 5.74) is 1.08. The van der Waals surface area contributed by atoms with E-state index in [1.807, 2.05) is 6.07 Å². The Labute approximate surface area is 112 Å². The van der Waals surface area contributed by atoms with E-state index in [-0.39, 0.29) is 6.03 Å². The van der Waals surface area contributed by atoms with Crippen molar-refractivity contribution >= 4 is 11.8 Å². The van der Waals surface area contributed by atoms with E-state index in [1.54, 1.807) is 4.90 Å². The van der Waals surface area contributed by atoms with Crippen LogP contribution in [0.2, 0.25) is 0 Å². The van der Waals surface area contributed by atoms with E-state index in [2.05, 4.69) is 15.5 Å². The van der Waals surface area contributed by atoms with Crippen LogP contribution >= 0.6 is 0 Å². The highest BCUT2D eigenvalue weighted by Crippen LogP contribution is 2.33. The van der Waals surface area contributed by atoms with E-state index in [4.69, 9.17) is 4.74 Å². The van der Waals surface area contributed by atoms with Gasteiger partial charge in [0.1, 0.15) is 5.82 Å². The molecule has 0 radical (unpaired) electrons. The standard InChI is InChI=1S/C13H20N4O2/c18-13(17-5-7-19-8-6-17)14-12-9-11(15-16-12)10-3-1-2-4-10/h9-10H,1-8H2,(H2,14,15,16,18). The molecule has 2 amide bonds. The van der Waals surface area contributed by atoms with Crippen LogP contribution in [0.3, 0.4) is 0 Å². The van der Waals surface area contributed by atoms with Gasteiger partial charge in [0.15, 0.2) is 0 Å². The maximum Gasteiger partial charge on any atom is 0.323 e. The van der Waals surface area contributed by atoms with Crippen LogP contribution in [0, 0.1) is 0 Å². The first-order valence-corrected chi connectivity index (χ1v) is 7.02. The highest BCUT2D eigenvalue weighted by molar-refractivity contribution is 5.88. The van der Waals surface area contributed by atoms with Gasteiger partial charge in [0.25, 0.3) is 0 Å². The molecule has 0 unspecified atom stereocenters. The molecular formula is C13H20N4O2. The molecule has 2 N–H and O–H groups in total. The van der Waals surface area contributed by atoms with Gasteiger partial charge in [0.05, 0.1) is 18.9 Å². The Hall–Kier alpha value is -1.56. The number of carbonyl (C=O) groups is 1. The number of urea groups is 1. The summed E-state index contributed by atoms with van der Waals surface area (Å²) in [4.78, 5) is 13.8. The Balaban J connectivity index is 1.58. The molecule has 1 aromatic heterocycles. The fourth-order valence-corrected chi connectivity index (χ4v) is 2.79. The van der Waals surface area contributed by atoms with Crippen LogP contribution in [0.25, 0.3) is 0 Å². The number of amides is 2. The van der Waals surface area contributed by atoms with Crippen molar-refractivity contribution in [1.29, 1.82) is 0 Å². The quantitative estimate of drug-likeness (QED) is 0.857. The first kappa shape index (κ1) is 12.5. The van der Waals surface area contributed by atoms with Crippen molar-refractivity contribution in [2.75, 3.05) is 31.6 Å². The second-order valence-electron chi connectivity index (χ2n) is 5.22. The van der Waals surface area contributed by atoms with Crippen molar-refractivity contribution in [3.63, 3.8) is 0 Å². The fourth-order valence-electron chi connectivity index (χ4n) is 2.79. The smallest absolute Gasteiger partial charge is 0.323 e. The van der Waals surface area contributed by atoms with Crippen molar-refractivity contribution in [3.8, 4) is 0 Å². The summed E-state index contributed by atoms with van der Waals surface area (Å²) in [7, 11) is 0. The zero-order valence-electron chi connectivity index (χ0n) is 11.0. The van der Waals surface area contributed by atoms with Gasteiger partial charge in [0, 0.05) is 25.1 Å². The minimum Gasteiger partial charge on any atom is -0.378 e. The molecule has 6 nitrogen and oxygen atoms in total. The highest BCUT2D eigenvalue weighted by Gasteiger charge is 2.21. The van der Waals surface area contributed by atoms with E-state index < -0.39 is 0 Å². The van der Waals surface area contributed by atoms with Crippen molar-refractivity contribution < 1.29 is 9.53 Å².